The molecule has 0 unspecified atom stereocenters. The third kappa shape index (κ3) is 8.00. The minimum Gasteiger partial charge on any atom is -0.370 e. The number of amides is 1. The van der Waals surface area contributed by atoms with Crippen molar-refractivity contribution in [2.24, 2.45) is 16.6 Å². The van der Waals surface area contributed by atoms with Crippen LogP contribution in [0.2, 0.25) is 0 Å². The van der Waals surface area contributed by atoms with Crippen LogP contribution in [0.4, 0.5) is 0 Å². The highest BCUT2D eigenvalue weighted by Gasteiger charge is 2.22. The van der Waals surface area contributed by atoms with Crippen molar-refractivity contribution in [2.75, 3.05) is 26.2 Å². The number of halogens is 1. The second-order valence-electron chi connectivity index (χ2n) is 7.21. The van der Waals surface area contributed by atoms with Gasteiger partial charge in [0.2, 0.25) is 5.91 Å². The zero-order chi connectivity index (χ0) is 19.6. The van der Waals surface area contributed by atoms with E-state index in [2.05, 4.69) is 39.6 Å². The van der Waals surface area contributed by atoms with E-state index < -0.39 is 0 Å². The van der Waals surface area contributed by atoms with Gasteiger partial charge in [0, 0.05) is 37.9 Å². The smallest absolute Gasteiger partial charge is 0.244 e. The molecule has 1 aromatic carbocycles. The van der Waals surface area contributed by atoms with Gasteiger partial charge in [-0.3, -0.25) is 9.78 Å². The van der Waals surface area contributed by atoms with E-state index in [4.69, 9.17) is 5.73 Å². The first-order valence-electron chi connectivity index (χ1n) is 9.96. The number of nitrogens with zero attached hydrogens (tertiary/aromatic N) is 3. The van der Waals surface area contributed by atoms with Crippen LogP contribution in [0.1, 0.15) is 24.1 Å². The van der Waals surface area contributed by atoms with Crippen molar-refractivity contribution >= 4 is 35.8 Å². The van der Waals surface area contributed by atoms with Crippen molar-refractivity contribution in [1.82, 2.24) is 15.2 Å². The fourth-order valence-electron chi connectivity index (χ4n) is 3.51. The number of aliphatic imine (C=N–C) groups is 1. The number of likely N-dealkylation sites (tertiary alicyclic amines) is 1. The summed E-state index contributed by atoms with van der Waals surface area (Å²) in [7, 11) is 0. The summed E-state index contributed by atoms with van der Waals surface area (Å²) in [4.78, 5) is 22.7. The van der Waals surface area contributed by atoms with Crippen molar-refractivity contribution in [3.63, 3.8) is 0 Å². The Morgan fingerprint density at radius 1 is 1.14 bits per heavy atom. The molecule has 0 atom stereocenters. The fraction of sp³-hybridized carbons (Fsp3) is 0.409. The SMILES string of the molecule is I.NC(=NCC(=O)N1CCC(Cc2ccccc2)CC1)NCCc1ccccn1. The van der Waals surface area contributed by atoms with E-state index >= 15 is 0 Å². The number of rotatable bonds is 7. The lowest BCUT2D eigenvalue weighted by atomic mass is 9.90. The number of nitrogens with two attached hydrogens (primary N) is 1. The average molecular weight is 507 g/mol. The first kappa shape index (κ1) is 23.1. The molecule has 0 radical (unpaired) electrons. The van der Waals surface area contributed by atoms with Crippen LogP contribution >= 0.6 is 24.0 Å². The second kappa shape index (κ2) is 12.4. The molecule has 3 N–H and O–H groups in total. The standard InChI is InChI=1S/C22H29N5O.HI/c23-22(25-13-9-20-8-4-5-12-24-20)26-17-21(28)27-14-10-19(11-15-27)16-18-6-2-1-3-7-18;/h1-8,12,19H,9-11,13-17H2,(H3,23,25,26);1H. The van der Waals surface area contributed by atoms with Gasteiger partial charge in [-0.2, -0.15) is 0 Å². The van der Waals surface area contributed by atoms with Crippen molar-refractivity contribution in [3.05, 3.63) is 66.0 Å². The summed E-state index contributed by atoms with van der Waals surface area (Å²) in [6.07, 6.45) is 5.72. The van der Waals surface area contributed by atoms with E-state index in [9.17, 15) is 4.79 Å². The maximum absolute atomic E-state index is 12.4. The van der Waals surface area contributed by atoms with Gasteiger partial charge in [0.15, 0.2) is 5.96 Å². The van der Waals surface area contributed by atoms with E-state index in [0.29, 0.717) is 18.4 Å². The zero-order valence-electron chi connectivity index (χ0n) is 16.7. The van der Waals surface area contributed by atoms with Gasteiger partial charge < -0.3 is 16.0 Å². The van der Waals surface area contributed by atoms with Crippen LogP contribution in [-0.4, -0.2) is 47.9 Å². The minimum atomic E-state index is 0. The van der Waals surface area contributed by atoms with Crippen LogP contribution < -0.4 is 11.1 Å². The molecule has 0 bridgehead atoms. The van der Waals surface area contributed by atoms with E-state index in [1.54, 1.807) is 6.20 Å². The number of carbonyl (C=O) groups excluding carboxylic acids is 1. The Morgan fingerprint density at radius 2 is 1.86 bits per heavy atom. The molecule has 0 spiro atoms. The Labute approximate surface area is 190 Å². The molecule has 7 heteroatoms. The summed E-state index contributed by atoms with van der Waals surface area (Å²) in [5, 5.41) is 3.04. The van der Waals surface area contributed by atoms with Crippen LogP contribution in [0.5, 0.6) is 0 Å². The van der Waals surface area contributed by atoms with Gasteiger partial charge in [0.1, 0.15) is 6.54 Å². The number of carbonyl (C=O) groups is 1. The van der Waals surface area contributed by atoms with Gasteiger partial charge in [-0.05, 0) is 42.9 Å². The number of guanidine groups is 1. The maximum Gasteiger partial charge on any atom is 0.244 e. The number of pyridine rings is 1. The molecule has 3 rings (SSSR count). The van der Waals surface area contributed by atoms with E-state index in [1.165, 1.54) is 5.56 Å². The first-order valence-corrected chi connectivity index (χ1v) is 9.96. The Bertz CT molecular complexity index is 761. The van der Waals surface area contributed by atoms with Gasteiger partial charge in [-0.15, -0.1) is 24.0 Å². The molecular weight excluding hydrogens is 477 g/mol. The number of nitrogens with one attached hydrogen (secondary N) is 1. The summed E-state index contributed by atoms with van der Waals surface area (Å²) >= 11 is 0. The average Bonchev–Trinajstić information content (AvgIpc) is 2.74. The maximum atomic E-state index is 12.4. The molecule has 1 amide bonds. The van der Waals surface area contributed by atoms with Crippen molar-refractivity contribution < 1.29 is 4.79 Å². The van der Waals surface area contributed by atoms with Gasteiger partial charge in [0.05, 0.1) is 0 Å². The molecular formula is C22H30IN5O. The lowest BCUT2D eigenvalue weighted by Crippen LogP contribution is -2.41. The van der Waals surface area contributed by atoms with Gasteiger partial charge in [-0.1, -0.05) is 36.4 Å². The van der Waals surface area contributed by atoms with Crippen molar-refractivity contribution in [2.45, 2.75) is 25.7 Å². The fourth-order valence-corrected chi connectivity index (χ4v) is 3.51. The van der Waals surface area contributed by atoms with Crippen LogP contribution in [0, 0.1) is 5.92 Å². The summed E-state index contributed by atoms with van der Waals surface area (Å²) < 4.78 is 0. The normalized spacial score (nSPS) is 14.9. The summed E-state index contributed by atoms with van der Waals surface area (Å²) in [6, 6.07) is 16.4. The van der Waals surface area contributed by atoms with Crippen LogP contribution in [-0.2, 0) is 17.6 Å². The molecule has 1 saturated heterocycles. The van der Waals surface area contributed by atoms with E-state index in [0.717, 1.165) is 44.5 Å². The quantitative estimate of drug-likeness (QED) is 0.343. The zero-order valence-corrected chi connectivity index (χ0v) is 19.0. The molecule has 0 aliphatic carbocycles. The van der Waals surface area contributed by atoms with Crippen LogP contribution in [0.15, 0.2) is 59.7 Å². The monoisotopic (exact) mass is 507 g/mol. The molecule has 6 nitrogen and oxygen atoms in total. The van der Waals surface area contributed by atoms with Gasteiger partial charge in [0.25, 0.3) is 0 Å². The van der Waals surface area contributed by atoms with Crippen LogP contribution in [0.3, 0.4) is 0 Å². The number of aromatic nitrogens is 1. The molecule has 1 aliphatic rings. The predicted octanol–water partition coefficient (Wildman–Crippen LogP) is 2.63. The molecule has 2 aromatic rings. The van der Waals surface area contributed by atoms with Crippen molar-refractivity contribution in [3.8, 4) is 0 Å². The number of piperidine rings is 1. The van der Waals surface area contributed by atoms with Crippen molar-refractivity contribution in [1.29, 1.82) is 0 Å². The highest BCUT2D eigenvalue weighted by atomic mass is 127. The largest absolute Gasteiger partial charge is 0.370 e. The van der Waals surface area contributed by atoms with E-state index in [-0.39, 0.29) is 36.4 Å². The van der Waals surface area contributed by atoms with Gasteiger partial charge in [-0.25, -0.2) is 4.99 Å². The Hall–Kier alpha value is -2.16. The minimum absolute atomic E-state index is 0. The topological polar surface area (TPSA) is 83.6 Å². The third-order valence-corrected chi connectivity index (χ3v) is 5.13. The molecule has 1 aromatic heterocycles. The second-order valence-corrected chi connectivity index (χ2v) is 7.21. The molecule has 2 heterocycles. The molecule has 29 heavy (non-hydrogen) atoms. The number of benzene rings is 1. The Kier molecular flexibility index (Phi) is 9.90. The predicted molar refractivity (Wildman–Crippen MR) is 127 cm³/mol. The molecule has 1 aliphatic heterocycles. The lowest BCUT2D eigenvalue weighted by molar-refractivity contribution is -0.130. The first-order chi connectivity index (χ1) is 13.7. The Morgan fingerprint density at radius 3 is 2.55 bits per heavy atom. The molecule has 156 valence electrons. The summed E-state index contributed by atoms with van der Waals surface area (Å²) in [5.41, 5.74) is 8.25. The molecule has 1 fully saturated rings. The summed E-state index contributed by atoms with van der Waals surface area (Å²) in [5.74, 6) is 1.00. The highest BCUT2D eigenvalue weighted by molar-refractivity contribution is 14.0. The highest BCUT2D eigenvalue weighted by Crippen LogP contribution is 2.21. The van der Waals surface area contributed by atoms with Gasteiger partial charge >= 0.3 is 0 Å². The number of hydrogen-bond acceptors (Lipinski definition) is 3. The third-order valence-electron chi connectivity index (χ3n) is 5.13. The van der Waals surface area contributed by atoms with Crippen LogP contribution in [0.25, 0.3) is 0 Å². The van der Waals surface area contributed by atoms with E-state index in [1.807, 2.05) is 29.2 Å². The number of hydrogen-bond donors (Lipinski definition) is 2. The Balaban J connectivity index is 0.00000300. The lowest BCUT2D eigenvalue weighted by Gasteiger charge is -2.31. The molecule has 0 saturated carbocycles. The summed E-state index contributed by atoms with van der Waals surface area (Å²) in [6.45, 7) is 2.36.